The largest absolute Gasteiger partial charge is 0.394 e. The fourth-order valence-corrected chi connectivity index (χ4v) is 2.36. The molecule has 10 heteroatoms. The number of fused-ring (bicyclic) bond motifs is 1. The van der Waals surface area contributed by atoms with Crippen molar-refractivity contribution in [2.75, 3.05) is 24.9 Å². The van der Waals surface area contributed by atoms with Crippen LogP contribution in [0.5, 0.6) is 0 Å². The van der Waals surface area contributed by atoms with E-state index in [9.17, 15) is 5.11 Å². The summed E-state index contributed by atoms with van der Waals surface area (Å²) in [4.78, 5) is 17.2. The van der Waals surface area contributed by atoms with Crippen LogP contribution in [-0.4, -0.2) is 55.7 Å². The second-order valence-electron chi connectivity index (χ2n) is 4.68. The minimum absolute atomic E-state index is 0.0565. The number of hydrogen-bond acceptors (Lipinski definition) is 9. The maximum atomic E-state index is 9.82. The van der Waals surface area contributed by atoms with E-state index in [2.05, 4.69) is 20.4 Å². The molecule has 3 heterocycles. The number of aliphatic hydroxyl groups is 2. The number of ether oxygens (including phenoxy) is 1. The Hall–Kier alpha value is -2.01. The highest BCUT2D eigenvalue weighted by molar-refractivity contribution is 5.83. The van der Waals surface area contributed by atoms with E-state index in [0.29, 0.717) is 23.4 Å². The van der Waals surface area contributed by atoms with Gasteiger partial charge in [0.2, 0.25) is 5.95 Å². The van der Waals surface area contributed by atoms with Crippen molar-refractivity contribution in [2.24, 2.45) is 0 Å². The predicted molar refractivity (Wildman–Crippen MR) is 72.0 cm³/mol. The van der Waals surface area contributed by atoms with Crippen molar-refractivity contribution in [2.45, 2.75) is 24.9 Å². The molecule has 0 amide bonds. The number of nitrogen functional groups attached to an aromatic ring is 1. The Labute approximate surface area is 119 Å². The van der Waals surface area contributed by atoms with Crippen LogP contribution in [0.15, 0.2) is 6.33 Å². The smallest absolute Gasteiger partial charge is 0.224 e. The molecule has 3 atom stereocenters. The third-order valence-corrected chi connectivity index (χ3v) is 3.33. The van der Waals surface area contributed by atoms with Gasteiger partial charge in [-0.3, -0.25) is 9.40 Å². The Morgan fingerprint density at radius 3 is 3.05 bits per heavy atom. The van der Waals surface area contributed by atoms with Gasteiger partial charge in [0.15, 0.2) is 17.0 Å². The van der Waals surface area contributed by atoms with Crippen LogP contribution in [0.2, 0.25) is 0 Å². The summed E-state index contributed by atoms with van der Waals surface area (Å²) in [6.45, 7) is -0.252. The maximum Gasteiger partial charge on any atom is 0.224 e. The summed E-state index contributed by atoms with van der Waals surface area (Å²) in [7, 11) is 1.45. The lowest BCUT2D eigenvalue weighted by Crippen LogP contribution is -2.24. The monoisotopic (exact) mass is 296 g/mol. The van der Waals surface area contributed by atoms with E-state index >= 15 is 0 Å². The molecule has 3 unspecified atom stereocenters. The summed E-state index contributed by atoms with van der Waals surface area (Å²) in [5.74, 6) is 0.400. The first-order chi connectivity index (χ1) is 10.1. The van der Waals surface area contributed by atoms with Crippen LogP contribution >= 0.6 is 0 Å². The summed E-state index contributed by atoms with van der Waals surface area (Å²) >= 11 is 0. The second kappa shape index (κ2) is 5.41. The Morgan fingerprint density at radius 2 is 2.38 bits per heavy atom. The zero-order valence-electron chi connectivity index (χ0n) is 11.3. The van der Waals surface area contributed by atoms with E-state index in [1.54, 1.807) is 4.57 Å². The number of nitrogens with zero attached hydrogens (tertiary/aromatic N) is 4. The molecule has 21 heavy (non-hydrogen) atoms. The maximum absolute atomic E-state index is 9.82. The third-order valence-electron chi connectivity index (χ3n) is 3.33. The first-order valence-corrected chi connectivity index (χ1v) is 6.37. The van der Waals surface area contributed by atoms with Gasteiger partial charge in [0.25, 0.3) is 0 Å². The predicted octanol–water partition coefficient (Wildman–Crippen LogP) is -0.978. The first kappa shape index (κ1) is 13.9. The molecule has 0 bridgehead atoms. The highest BCUT2D eigenvalue weighted by atomic mass is 16.6. The van der Waals surface area contributed by atoms with E-state index in [4.69, 9.17) is 20.4 Å². The topological polar surface area (TPSA) is 141 Å². The fourth-order valence-electron chi connectivity index (χ4n) is 2.36. The summed E-state index contributed by atoms with van der Waals surface area (Å²) in [5, 5.41) is 19.0. The number of nitrogens with two attached hydrogens (primary N) is 1. The third kappa shape index (κ3) is 2.38. The van der Waals surface area contributed by atoms with Gasteiger partial charge >= 0.3 is 0 Å². The average Bonchev–Trinajstić information content (AvgIpc) is 3.02. The number of imidazole rings is 1. The second-order valence-corrected chi connectivity index (χ2v) is 4.68. The van der Waals surface area contributed by atoms with Crippen LogP contribution in [0, 0.1) is 0 Å². The number of rotatable bonds is 4. The van der Waals surface area contributed by atoms with E-state index < -0.39 is 18.4 Å². The lowest BCUT2D eigenvalue weighted by atomic mass is 10.2. The quantitative estimate of drug-likeness (QED) is 0.524. The zero-order valence-corrected chi connectivity index (χ0v) is 11.3. The summed E-state index contributed by atoms with van der Waals surface area (Å²) in [6, 6.07) is 0. The zero-order chi connectivity index (χ0) is 15.0. The average molecular weight is 296 g/mol. The molecule has 0 aliphatic carbocycles. The van der Waals surface area contributed by atoms with Gasteiger partial charge in [-0.1, -0.05) is 0 Å². The van der Waals surface area contributed by atoms with Gasteiger partial charge in [-0.25, -0.2) is 10.5 Å². The van der Waals surface area contributed by atoms with Crippen molar-refractivity contribution in [3.63, 3.8) is 0 Å². The van der Waals surface area contributed by atoms with Crippen LogP contribution in [0.4, 0.5) is 11.8 Å². The van der Waals surface area contributed by atoms with E-state index in [1.807, 2.05) is 0 Å². The normalized spacial score (nSPS) is 25.6. The standard InChI is InChI=1S/C11H16N6O4/c1-20-16-9-8-10(15-11(12)14-9)17(4-13-8)7-2-5(19)6(3-18)21-7/h4-7,18-19H,2-3H2,1H3,(H3,12,14,15,16). The van der Waals surface area contributed by atoms with Gasteiger partial charge in [-0.05, 0) is 0 Å². The minimum Gasteiger partial charge on any atom is -0.394 e. The van der Waals surface area contributed by atoms with Gasteiger partial charge in [0, 0.05) is 6.42 Å². The van der Waals surface area contributed by atoms with Crippen molar-refractivity contribution in [1.82, 2.24) is 19.5 Å². The molecule has 2 aromatic rings. The highest BCUT2D eigenvalue weighted by Crippen LogP contribution is 2.31. The summed E-state index contributed by atoms with van der Waals surface area (Å²) < 4.78 is 7.23. The lowest BCUT2D eigenvalue weighted by molar-refractivity contribution is -0.0432. The number of aromatic nitrogens is 4. The molecule has 0 radical (unpaired) electrons. The van der Waals surface area contributed by atoms with Crippen LogP contribution in [0.1, 0.15) is 12.6 Å². The van der Waals surface area contributed by atoms with Crippen molar-refractivity contribution in [1.29, 1.82) is 0 Å². The summed E-state index contributed by atoms with van der Waals surface area (Å²) in [5.41, 5.74) is 9.19. The van der Waals surface area contributed by atoms with Gasteiger partial charge in [0.1, 0.15) is 12.3 Å². The first-order valence-electron chi connectivity index (χ1n) is 6.37. The van der Waals surface area contributed by atoms with Crippen LogP contribution in [-0.2, 0) is 9.57 Å². The molecule has 1 aliphatic rings. The van der Waals surface area contributed by atoms with Crippen LogP contribution in [0.25, 0.3) is 11.2 Å². The molecular weight excluding hydrogens is 280 g/mol. The van der Waals surface area contributed by atoms with Gasteiger partial charge in [-0.2, -0.15) is 9.97 Å². The Balaban J connectivity index is 2.01. The van der Waals surface area contributed by atoms with E-state index in [0.717, 1.165) is 0 Å². The SMILES string of the molecule is CONc1nc(N)nc2c1ncn2C1CC(O)C(CO)O1. The lowest BCUT2D eigenvalue weighted by Gasteiger charge is -2.13. The molecule has 2 aromatic heterocycles. The van der Waals surface area contributed by atoms with Crippen molar-refractivity contribution < 1.29 is 19.8 Å². The molecule has 1 saturated heterocycles. The molecule has 1 fully saturated rings. The Morgan fingerprint density at radius 1 is 1.57 bits per heavy atom. The van der Waals surface area contributed by atoms with Crippen molar-refractivity contribution >= 4 is 22.9 Å². The molecular formula is C11H16N6O4. The molecule has 0 saturated carbocycles. The molecule has 5 N–H and O–H groups in total. The highest BCUT2D eigenvalue weighted by Gasteiger charge is 2.35. The summed E-state index contributed by atoms with van der Waals surface area (Å²) in [6.07, 6.45) is 0.00738. The van der Waals surface area contributed by atoms with Gasteiger partial charge in [-0.15, -0.1) is 0 Å². The number of hydrogen-bond donors (Lipinski definition) is 4. The van der Waals surface area contributed by atoms with Crippen LogP contribution < -0.4 is 11.2 Å². The van der Waals surface area contributed by atoms with Crippen molar-refractivity contribution in [3.05, 3.63) is 6.33 Å². The fraction of sp³-hybridized carbons (Fsp3) is 0.545. The van der Waals surface area contributed by atoms with E-state index in [-0.39, 0.29) is 12.6 Å². The van der Waals surface area contributed by atoms with Gasteiger partial charge < -0.3 is 20.7 Å². The molecule has 114 valence electrons. The minimum atomic E-state index is -0.742. The number of anilines is 2. The molecule has 3 rings (SSSR count). The van der Waals surface area contributed by atoms with Crippen molar-refractivity contribution in [3.8, 4) is 0 Å². The number of aliphatic hydroxyl groups excluding tert-OH is 2. The molecule has 0 spiro atoms. The molecule has 0 aromatic carbocycles. The molecule has 10 nitrogen and oxygen atoms in total. The molecule has 1 aliphatic heterocycles. The Bertz CT molecular complexity index is 647. The van der Waals surface area contributed by atoms with Gasteiger partial charge in [0.05, 0.1) is 26.1 Å². The number of nitrogens with one attached hydrogen (secondary N) is 1. The van der Waals surface area contributed by atoms with E-state index in [1.165, 1.54) is 13.4 Å². The van der Waals surface area contributed by atoms with Crippen LogP contribution in [0.3, 0.4) is 0 Å². The Kier molecular flexibility index (Phi) is 3.59.